The number of anilines is 1. The van der Waals surface area contributed by atoms with Crippen LogP contribution in [0, 0.1) is 5.82 Å². The molecule has 2 aromatic carbocycles. The van der Waals surface area contributed by atoms with Crippen molar-refractivity contribution in [3.8, 4) is 5.75 Å². The van der Waals surface area contributed by atoms with E-state index in [1.54, 1.807) is 48.7 Å². The molecule has 0 bridgehead atoms. The van der Waals surface area contributed by atoms with Gasteiger partial charge in [0.25, 0.3) is 11.8 Å². The lowest BCUT2D eigenvalue weighted by molar-refractivity contribution is -0.137. The first-order chi connectivity index (χ1) is 15.1. The van der Waals surface area contributed by atoms with E-state index in [2.05, 4.69) is 10.3 Å². The second-order valence-electron chi connectivity index (χ2n) is 6.86. The minimum atomic E-state index is -0.469. The Morgan fingerprint density at radius 2 is 1.71 bits per heavy atom. The van der Waals surface area contributed by atoms with Gasteiger partial charge in [-0.1, -0.05) is 18.2 Å². The average Bonchev–Trinajstić information content (AvgIpc) is 3.01. The number of nitrogens with one attached hydrogen (secondary N) is 1. The monoisotopic (exact) mass is 417 g/mol. The number of benzene rings is 2. The van der Waals surface area contributed by atoms with Gasteiger partial charge in [0.15, 0.2) is 0 Å². The van der Waals surface area contributed by atoms with Crippen molar-refractivity contribution in [2.75, 3.05) is 11.9 Å². The molecule has 31 heavy (non-hydrogen) atoms. The van der Waals surface area contributed by atoms with Crippen LogP contribution in [0.3, 0.4) is 0 Å². The Morgan fingerprint density at radius 3 is 2.35 bits per heavy atom. The second kappa shape index (κ2) is 8.79. The molecule has 0 fully saturated rings. The lowest BCUT2D eigenvalue weighted by atomic mass is 10.0. The van der Waals surface area contributed by atoms with E-state index in [0.29, 0.717) is 29.3 Å². The van der Waals surface area contributed by atoms with Gasteiger partial charge in [0.1, 0.15) is 17.3 Å². The van der Waals surface area contributed by atoms with Crippen LogP contribution in [0.15, 0.2) is 78.6 Å². The Kier molecular flexibility index (Phi) is 5.75. The minimum absolute atomic E-state index is 0.0492. The molecule has 0 spiro atoms. The lowest BCUT2D eigenvalue weighted by Gasteiger charge is -2.14. The number of rotatable bonds is 7. The van der Waals surface area contributed by atoms with Crippen molar-refractivity contribution in [1.82, 2.24) is 9.88 Å². The zero-order valence-corrected chi connectivity index (χ0v) is 16.8. The van der Waals surface area contributed by atoms with Gasteiger partial charge in [-0.05, 0) is 61.0 Å². The van der Waals surface area contributed by atoms with Gasteiger partial charge in [0.05, 0.1) is 24.4 Å². The minimum Gasteiger partial charge on any atom is -0.494 e. The molecule has 2 amide bonds. The summed E-state index contributed by atoms with van der Waals surface area (Å²) in [7, 11) is 0. The van der Waals surface area contributed by atoms with Crippen LogP contribution < -0.4 is 10.1 Å². The molecule has 156 valence electrons. The smallest absolute Gasteiger partial charge is 0.278 e. The van der Waals surface area contributed by atoms with Crippen molar-refractivity contribution in [3.05, 3.63) is 95.7 Å². The molecule has 0 aliphatic carbocycles. The number of hydrogen-bond donors (Lipinski definition) is 1. The van der Waals surface area contributed by atoms with Gasteiger partial charge in [-0.2, -0.15) is 0 Å². The van der Waals surface area contributed by atoms with E-state index >= 15 is 0 Å². The molecule has 7 heteroatoms. The number of nitrogens with zero attached hydrogens (tertiary/aromatic N) is 2. The topological polar surface area (TPSA) is 71.5 Å². The largest absolute Gasteiger partial charge is 0.494 e. The molecule has 0 saturated carbocycles. The van der Waals surface area contributed by atoms with Gasteiger partial charge < -0.3 is 10.1 Å². The summed E-state index contributed by atoms with van der Waals surface area (Å²) in [5.41, 5.74) is 2.05. The zero-order valence-electron chi connectivity index (χ0n) is 16.8. The lowest BCUT2D eigenvalue weighted by Crippen LogP contribution is -2.32. The normalized spacial score (nSPS) is 13.7. The summed E-state index contributed by atoms with van der Waals surface area (Å²) in [6.07, 6.45) is 1.61. The van der Waals surface area contributed by atoms with Crippen molar-refractivity contribution in [2.24, 2.45) is 0 Å². The van der Waals surface area contributed by atoms with Crippen LogP contribution in [-0.2, 0) is 16.1 Å². The van der Waals surface area contributed by atoms with Crippen molar-refractivity contribution in [3.63, 3.8) is 0 Å². The number of hydrogen-bond acceptors (Lipinski definition) is 5. The maximum absolute atomic E-state index is 13.3. The fraction of sp³-hybridized carbons (Fsp3) is 0.125. The highest BCUT2D eigenvalue weighted by atomic mass is 19.1. The van der Waals surface area contributed by atoms with Crippen molar-refractivity contribution < 1.29 is 18.7 Å². The fourth-order valence-electron chi connectivity index (χ4n) is 3.32. The van der Waals surface area contributed by atoms with Crippen LogP contribution in [0.4, 0.5) is 10.1 Å². The first kappa shape index (κ1) is 20.3. The average molecular weight is 417 g/mol. The Bertz CT molecular complexity index is 1130. The van der Waals surface area contributed by atoms with Gasteiger partial charge in [0, 0.05) is 11.9 Å². The maximum atomic E-state index is 13.3. The highest BCUT2D eigenvalue weighted by Crippen LogP contribution is 2.32. The first-order valence-electron chi connectivity index (χ1n) is 9.83. The Balaban J connectivity index is 1.71. The predicted octanol–water partition coefficient (Wildman–Crippen LogP) is 4.01. The van der Waals surface area contributed by atoms with E-state index in [9.17, 15) is 14.0 Å². The molecular weight excluding hydrogens is 397 g/mol. The number of amides is 2. The highest BCUT2D eigenvalue weighted by Gasteiger charge is 2.39. The van der Waals surface area contributed by atoms with E-state index in [-0.39, 0.29) is 17.8 Å². The molecule has 1 aliphatic rings. The van der Waals surface area contributed by atoms with Gasteiger partial charge in [0.2, 0.25) is 0 Å². The number of carbonyl (C=O) groups excluding carboxylic acids is 2. The van der Waals surface area contributed by atoms with E-state index in [1.807, 2.05) is 6.92 Å². The Hall–Kier alpha value is -4.00. The molecule has 1 aliphatic heterocycles. The fourth-order valence-corrected chi connectivity index (χ4v) is 3.32. The highest BCUT2D eigenvalue weighted by molar-refractivity contribution is 6.36. The number of imide groups is 1. The maximum Gasteiger partial charge on any atom is 0.278 e. The third-order valence-electron chi connectivity index (χ3n) is 4.78. The molecule has 0 radical (unpaired) electrons. The summed E-state index contributed by atoms with van der Waals surface area (Å²) in [6, 6.07) is 17.9. The Labute approximate surface area is 179 Å². The van der Waals surface area contributed by atoms with Gasteiger partial charge in [-0.15, -0.1) is 0 Å². The number of aromatic nitrogens is 1. The molecule has 0 atom stereocenters. The van der Waals surface area contributed by atoms with E-state index in [1.165, 1.54) is 24.3 Å². The molecule has 0 unspecified atom stereocenters. The van der Waals surface area contributed by atoms with Crippen molar-refractivity contribution in [2.45, 2.75) is 13.5 Å². The summed E-state index contributed by atoms with van der Waals surface area (Å²) in [5.74, 6) is -0.618. The van der Waals surface area contributed by atoms with Gasteiger partial charge in [-0.3, -0.25) is 19.5 Å². The van der Waals surface area contributed by atoms with Gasteiger partial charge in [-0.25, -0.2) is 4.39 Å². The van der Waals surface area contributed by atoms with Crippen LogP contribution in [0.25, 0.3) is 5.57 Å². The molecular formula is C24H20FN3O3. The SMILES string of the molecule is CCOc1ccc(C2=C(Nc3ccc(F)cc3)C(=O)N(Cc3ccccn3)C2=O)cc1. The quantitative estimate of drug-likeness (QED) is 0.588. The van der Waals surface area contributed by atoms with Crippen molar-refractivity contribution >= 4 is 23.1 Å². The van der Waals surface area contributed by atoms with Crippen molar-refractivity contribution in [1.29, 1.82) is 0 Å². The van der Waals surface area contributed by atoms with Crippen LogP contribution in [0.5, 0.6) is 5.75 Å². The summed E-state index contributed by atoms with van der Waals surface area (Å²) >= 11 is 0. The molecule has 1 aromatic heterocycles. The molecule has 1 N–H and O–H groups in total. The summed E-state index contributed by atoms with van der Waals surface area (Å²) in [6.45, 7) is 2.46. The number of halogens is 1. The predicted molar refractivity (Wildman–Crippen MR) is 114 cm³/mol. The summed E-state index contributed by atoms with van der Waals surface area (Å²) in [4.78, 5) is 31.8. The third-order valence-corrected chi connectivity index (χ3v) is 4.78. The van der Waals surface area contributed by atoms with E-state index < -0.39 is 17.6 Å². The van der Waals surface area contributed by atoms with E-state index in [4.69, 9.17) is 4.74 Å². The zero-order chi connectivity index (χ0) is 21.8. The standard InChI is InChI=1S/C24H20FN3O3/c1-2-31-20-12-6-16(7-13-20)21-22(27-18-10-8-17(25)9-11-18)24(30)28(23(21)29)15-19-5-3-4-14-26-19/h3-14,27H,2,15H2,1H3. The second-order valence-corrected chi connectivity index (χ2v) is 6.86. The van der Waals surface area contributed by atoms with Crippen LogP contribution in [-0.4, -0.2) is 28.3 Å². The van der Waals surface area contributed by atoms with Crippen LogP contribution >= 0.6 is 0 Å². The first-order valence-corrected chi connectivity index (χ1v) is 9.83. The Morgan fingerprint density at radius 1 is 0.968 bits per heavy atom. The summed E-state index contributed by atoms with van der Waals surface area (Å²) < 4.78 is 18.8. The molecule has 2 heterocycles. The van der Waals surface area contributed by atoms with E-state index in [0.717, 1.165) is 4.90 Å². The number of ether oxygens (including phenoxy) is 1. The summed E-state index contributed by atoms with van der Waals surface area (Å²) in [5, 5.41) is 3.00. The van der Waals surface area contributed by atoms with Gasteiger partial charge >= 0.3 is 0 Å². The molecule has 6 nitrogen and oxygen atoms in total. The van der Waals surface area contributed by atoms with Crippen LogP contribution in [0.1, 0.15) is 18.2 Å². The molecule has 0 saturated heterocycles. The number of carbonyl (C=O) groups is 2. The van der Waals surface area contributed by atoms with Crippen LogP contribution in [0.2, 0.25) is 0 Å². The molecule has 4 rings (SSSR count). The number of pyridine rings is 1. The third kappa shape index (κ3) is 4.30. The molecule has 3 aromatic rings.